The van der Waals surface area contributed by atoms with Gasteiger partial charge in [-0.2, -0.15) is 0 Å². The summed E-state index contributed by atoms with van der Waals surface area (Å²) in [5.41, 5.74) is 14.6. The van der Waals surface area contributed by atoms with E-state index in [4.69, 9.17) is 14.7 Å². The largest absolute Gasteiger partial charge is 0.484 e. The third-order valence-electron chi connectivity index (χ3n) is 12.8. The standard InChI is InChI=1S/C61H59N5O/c1-7-10-25-44-37-38-56-58(43(44)4)51-33-21-32-50(52(62-6)34-22-39-61(5)42-65(48-29-16-11-12-17-30-48)55-35-18-19-36-57(55)67-61)59(51)66(56)49-31-20-28-47(40-49)54-41-53(45(23-8-2)24-9-3)63-60(64-54)46-26-14-13-15-27-46/h7-8,10-11,13-21,23-38,40-41,62H,1,9,12,22,39,42H2,2-6H3/b23-8-,25-10-,45-24+,52-34-. The normalized spacial score (nSPS) is 16.4. The van der Waals surface area contributed by atoms with Crippen molar-refractivity contribution < 1.29 is 4.74 Å². The van der Waals surface area contributed by atoms with E-state index in [1.54, 1.807) is 0 Å². The van der Waals surface area contributed by atoms with Gasteiger partial charge in [0.1, 0.15) is 11.4 Å². The number of aromatic nitrogens is 3. The molecule has 2 aliphatic rings. The molecule has 0 fully saturated rings. The molecular formula is C61H59N5O. The second kappa shape index (κ2) is 19.8. The first-order valence-corrected chi connectivity index (χ1v) is 23.5. The molecule has 0 amide bonds. The van der Waals surface area contributed by atoms with Gasteiger partial charge in [0.25, 0.3) is 0 Å². The van der Waals surface area contributed by atoms with Crippen LogP contribution in [0.5, 0.6) is 5.75 Å². The Hall–Kier alpha value is -7.70. The lowest BCUT2D eigenvalue weighted by Gasteiger charge is -2.43. The van der Waals surface area contributed by atoms with Crippen LogP contribution in [0.2, 0.25) is 0 Å². The van der Waals surface area contributed by atoms with Crippen molar-refractivity contribution in [3.05, 3.63) is 217 Å². The number of aryl methyl sites for hydroxylation is 1. The van der Waals surface area contributed by atoms with E-state index in [-0.39, 0.29) is 0 Å². The summed E-state index contributed by atoms with van der Waals surface area (Å²) >= 11 is 0. The van der Waals surface area contributed by atoms with Gasteiger partial charge in [-0.3, -0.25) is 0 Å². The third-order valence-corrected chi connectivity index (χ3v) is 12.8. The fraction of sp³-hybridized carbons (Fsp3) is 0.180. The SMILES string of the molecule is C=C/C=C\c1ccc2c(c1C)c1cccc(/C(=C/CCC3(C)CN(C4=CC=CCC=C4)c4ccccc4O3)NC)c1n2-c1cccc(-c2cc(C(/C=C\C)=C/CC)nc(-c3ccccc3)n2)c1. The molecule has 0 saturated carbocycles. The molecule has 67 heavy (non-hydrogen) atoms. The highest BCUT2D eigenvalue weighted by molar-refractivity contribution is 6.14. The van der Waals surface area contributed by atoms with Gasteiger partial charge in [-0.15, -0.1) is 0 Å². The van der Waals surface area contributed by atoms with Gasteiger partial charge in [0.2, 0.25) is 0 Å². The number of fused-ring (bicyclic) bond motifs is 4. The van der Waals surface area contributed by atoms with Gasteiger partial charge < -0.3 is 19.5 Å². The Labute approximate surface area is 396 Å². The van der Waals surface area contributed by atoms with Gasteiger partial charge in [-0.05, 0) is 112 Å². The fourth-order valence-electron chi connectivity index (χ4n) is 9.57. The molecule has 1 atom stereocenters. The number of nitrogens with zero attached hydrogens (tertiary/aromatic N) is 4. The second-order valence-electron chi connectivity index (χ2n) is 17.4. The van der Waals surface area contributed by atoms with Crippen LogP contribution in [0.3, 0.4) is 0 Å². The molecule has 1 aliphatic carbocycles. The summed E-state index contributed by atoms with van der Waals surface area (Å²) in [6.45, 7) is 13.4. The molecule has 334 valence electrons. The van der Waals surface area contributed by atoms with E-state index < -0.39 is 5.60 Å². The molecule has 0 radical (unpaired) electrons. The molecule has 1 aliphatic heterocycles. The predicted octanol–water partition coefficient (Wildman–Crippen LogP) is 15.2. The highest BCUT2D eigenvalue weighted by atomic mass is 16.5. The molecular weight excluding hydrogens is 819 g/mol. The number of nitrogens with one attached hydrogen (secondary N) is 1. The Morgan fingerprint density at radius 2 is 1.72 bits per heavy atom. The van der Waals surface area contributed by atoms with Gasteiger partial charge in [-0.1, -0.05) is 153 Å². The van der Waals surface area contributed by atoms with E-state index in [9.17, 15) is 0 Å². The van der Waals surface area contributed by atoms with Crippen molar-refractivity contribution in [2.24, 2.45) is 0 Å². The minimum Gasteiger partial charge on any atom is -0.484 e. The molecule has 6 nitrogen and oxygen atoms in total. The zero-order valence-electron chi connectivity index (χ0n) is 39.3. The van der Waals surface area contributed by atoms with E-state index in [0.717, 1.165) is 105 Å². The number of ether oxygens (including phenoxy) is 1. The lowest BCUT2D eigenvalue weighted by molar-refractivity contribution is 0.0792. The summed E-state index contributed by atoms with van der Waals surface area (Å²) in [4.78, 5) is 12.8. The Morgan fingerprint density at radius 3 is 2.54 bits per heavy atom. The number of benzene rings is 5. The minimum atomic E-state index is -0.427. The van der Waals surface area contributed by atoms with Crippen molar-refractivity contribution in [1.82, 2.24) is 19.9 Å². The maximum absolute atomic E-state index is 6.87. The molecule has 5 aromatic carbocycles. The van der Waals surface area contributed by atoms with Crippen molar-refractivity contribution in [3.63, 3.8) is 0 Å². The Kier molecular flexibility index (Phi) is 13.2. The smallest absolute Gasteiger partial charge is 0.160 e. The molecule has 6 heteroatoms. The average molecular weight is 878 g/mol. The van der Waals surface area contributed by atoms with Crippen LogP contribution in [-0.2, 0) is 0 Å². The van der Waals surface area contributed by atoms with Gasteiger partial charge in [0.15, 0.2) is 5.82 Å². The van der Waals surface area contributed by atoms with Gasteiger partial charge in [0.05, 0.1) is 34.7 Å². The van der Waals surface area contributed by atoms with Crippen molar-refractivity contribution in [3.8, 4) is 34.1 Å². The number of rotatable bonds is 14. The number of hydrogen-bond acceptors (Lipinski definition) is 5. The molecule has 7 aromatic rings. The maximum atomic E-state index is 6.87. The van der Waals surface area contributed by atoms with Gasteiger partial charge in [0, 0.05) is 51.6 Å². The lowest BCUT2D eigenvalue weighted by Crippen LogP contribution is -2.48. The lowest BCUT2D eigenvalue weighted by atomic mass is 9.94. The second-order valence-corrected chi connectivity index (χ2v) is 17.4. The van der Waals surface area contributed by atoms with Crippen molar-refractivity contribution in [2.75, 3.05) is 18.5 Å². The van der Waals surface area contributed by atoms with E-state index >= 15 is 0 Å². The van der Waals surface area contributed by atoms with Crippen molar-refractivity contribution >= 4 is 44.8 Å². The summed E-state index contributed by atoms with van der Waals surface area (Å²) in [5, 5.41) is 6.05. The Bertz CT molecular complexity index is 3190. The van der Waals surface area contributed by atoms with Crippen LogP contribution >= 0.6 is 0 Å². The molecule has 0 bridgehead atoms. The third kappa shape index (κ3) is 9.13. The first-order valence-electron chi connectivity index (χ1n) is 23.5. The monoisotopic (exact) mass is 877 g/mol. The van der Waals surface area contributed by atoms with Crippen molar-refractivity contribution in [2.45, 2.75) is 59.0 Å². The van der Waals surface area contributed by atoms with E-state index in [1.807, 2.05) is 44.3 Å². The van der Waals surface area contributed by atoms with Crippen LogP contribution in [0, 0.1) is 6.92 Å². The first kappa shape index (κ1) is 44.5. The molecule has 2 aromatic heterocycles. The number of allylic oxidation sites excluding steroid dienone is 12. The first-order chi connectivity index (χ1) is 32.8. The van der Waals surface area contributed by atoms with Crippen LogP contribution in [0.15, 0.2) is 194 Å². The molecule has 9 rings (SSSR count). The topological polar surface area (TPSA) is 55.2 Å². The molecule has 1 unspecified atom stereocenters. The van der Waals surface area contributed by atoms with Crippen molar-refractivity contribution in [1.29, 1.82) is 0 Å². The summed E-state index contributed by atoms with van der Waals surface area (Å²) in [6, 6.07) is 40.8. The Morgan fingerprint density at radius 1 is 0.896 bits per heavy atom. The fourth-order valence-corrected chi connectivity index (χ4v) is 9.57. The molecule has 1 N–H and O–H groups in total. The average Bonchev–Trinajstić information content (AvgIpc) is 3.47. The van der Waals surface area contributed by atoms with Crippen LogP contribution in [0.4, 0.5) is 5.69 Å². The summed E-state index contributed by atoms with van der Waals surface area (Å²) < 4.78 is 9.30. The summed E-state index contributed by atoms with van der Waals surface area (Å²) in [5.74, 6) is 1.61. The van der Waals surface area contributed by atoms with Crippen LogP contribution in [-0.4, -0.2) is 33.7 Å². The zero-order chi connectivity index (χ0) is 46.3. The van der Waals surface area contributed by atoms with Gasteiger partial charge >= 0.3 is 0 Å². The summed E-state index contributed by atoms with van der Waals surface area (Å²) in [6.07, 6.45) is 29.2. The Balaban J connectivity index is 1.16. The quantitative estimate of drug-likeness (QED) is 0.110. The van der Waals surface area contributed by atoms with E-state index in [0.29, 0.717) is 5.82 Å². The maximum Gasteiger partial charge on any atom is 0.160 e. The van der Waals surface area contributed by atoms with E-state index in [2.05, 4.69) is 200 Å². The van der Waals surface area contributed by atoms with Crippen LogP contribution in [0.1, 0.15) is 68.8 Å². The zero-order valence-corrected chi connectivity index (χ0v) is 39.3. The van der Waals surface area contributed by atoms with E-state index in [1.165, 1.54) is 22.0 Å². The number of para-hydroxylation sites is 3. The number of hydrogen-bond donors (Lipinski definition) is 1. The molecule has 3 heterocycles. The minimum absolute atomic E-state index is 0.427. The van der Waals surface area contributed by atoms with Gasteiger partial charge in [-0.25, -0.2) is 9.97 Å². The predicted molar refractivity (Wildman–Crippen MR) is 284 cm³/mol. The number of anilines is 1. The molecule has 0 saturated heterocycles. The highest BCUT2D eigenvalue weighted by Crippen LogP contribution is 2.43. The summed E-state index contributed by atoms with van der Waals surface area (Å²) in [7, 11) is 2.03. The highest BCUT2D eigenvalue weighted by Gasteiger charge is 2.36. The van der Waals surface area contributed by atoms with Crippen LogP contribution in [0.25, 0.3) is 67.5 Å². The van der Waals surface area contributed by atoms with Crippen LogP contribution < -0.4 is 15.0 Å². The molecule has 0 spiro atoms.